The van der Waals surface area contributed by atoms with E-state index >= 15 is 0 Å². The summed E-state index contributed by atoms with van der Waals surface area (Å²) in [5.41, 5.74) is 0.602. The number of thioether (sulfide) groups is 1. The summed E-state index contributed by atoms with van der Waals surface area (Å²) in [5.74, 6) is -1.82. The van der Waals surface area contributed by atoms with Gasteiger partial charge >= 0.3 is 5.69 Å². The Bertz CT molecular complexity index is 830. The average molecular weight is 368 g/mol. The number of nitrogens with zero attached hydrogens (tertiary/aromatic N) is 1. The summed E-state index contributed by atoms with van der Waals surface area (Å²) in [6, 6.07) is 5.62. The van der Waals surface area contributed by atoms with Gasteiger partial charge in [-0.05, 0) is 30.7 Å². The van der Waals surface area contributed by atoms with E-state index in [9.17, 15) is 23.7 Å². The first-order valence-corrected chi connectivity index (χ1v) is 8.01. The molecule has 2 rings (SSSR count). The van der Waals surface area contributed by atoms with Gasteiger partial charge in [0, 0.05) is 22.7 Å². The molecule has 6 nitrogen and oxygen atoms in total. The molecule has 25 heavy (non-hydrogen) atoms. The lowest BCUT2D eigenvalue weighted by molar-refractivity contribution is -0.385. The predicted octanol–water partition coefficient (Wildman–Crippen LogP) is 3.92. The number of carbonyl (C=O) groups excluding carboxylic acids is 1. The fourth-order valence-electron chi connectivity index (χ4n) is 2.03. The van der Waals surface area contributed by atoms with Gasteiger partial charge in [-0.2, -0.15) is 0 Å². The maximum Gasteiger partial charge on any atom is 0.311 e. The van der Waals surface area contributed by atoms with Gasteiger partial charge in [0.15, 0.2) is 5.75 Å². The van der Waals surface area contributed by atoms with Crippen molar-refractivity contribution in [1.82, 2.24) is 0 Å². The number of benzene rings is 2. The molecule has 0 atom stereocenters. The van der Waals surface area contributed by atoms with Crippen LogP contribution in [-0.2, 0) is 4.79 Å². The fraction of sp³-hybridized carbons (Fsp3) is 0.188. The minimum atomic E-state index is -0.618. The van der Waals surface area contributed by atoms with Crippen molar-refractivity contribution < 1.29 is 23.2 Å². The van der Waals surface area contributed by atoms with Gasteiger partial charge in [-0.3, -0.25) is 14.9 Å². The van der Waals surface area contributed by atoms with E-state index in [4.69, 9.17) is 4.74 Å². The molecule has 0 aliphatic heterocycles. The average Bonchev–Trinajstić information content (AvgIpc) is 2.57. The molecule has 9 heteroatoms. The maximum atomic E-state index is 13.5. The minimum absolute atomic E-state index is 0.00901. The van der Waals surface area contributed by atoms with Crippen LogP contribution in [0.1, 0.15) is 5.56 Å². The van der Waals surface area contributed by atoms with Crippen molar-refractivity contribution in [2.45, 2.75) is 11.8 Å². The lowest BCUT2D eigenvalue weighted by Crippen LogP contribution is -2.15. The van der Waals surface area contributed by atoms with Gasteiger partial charge in [0.05, 0.1) is 17.8 Å². The Labute approximate surface area is 146 Å². The first kappa shape index (κ1) is 18.7. The number of carbonyl (C=O) groups is 1. The van der Waals surface area contributed by atoms with E-state index in [-0.39, 0.29) is 22.1 Å². The second-order valence-corrected chi connectivity index (χ2v) is 6.02. The van der Waals surface area contributed by atoms with Gasteiger partial charge in [-0.25, -0.2) is 8.78 Å². The van der Waals surface area contributed by atoms with E-state index in [0.29, 0.717) is 11.3 Å². The molecule has 1 amide bonds. The quantitative estimate of drug-likeness (QED) is 0.475. The van der Waals surface area contributed by atoms with Crippen molar-refractivity contribution >= 4 is 29.0 Å². The molecule has 0 radical (unpaired) electrons. The van der Waals surface area contributed by atoms with E-state index < -0.39 is 22.5 Å². The molecular weight excluding hydrogens is 354 g/mol. The van der Waals surface area contributed by atoms with Gasteiger partial charge in [0.25, 0.3) is 0 Å². The summed E-state index contributed by atoms with van der Waals surface area (Å²) in [6.45, 7) is 1.60. The van der Waals surface area contributed by atoms with Gasteiger partial charge in [0.2, 0.25) is 5.91 Å². The van der Waals surface area contributed by atoms with Crippen molar-refractivity contribution in [1.29, 1.82) is 0 Å². The summed E-state index contributed by atoms with van der Waals surface area (Å²) >= 11 is 0.846. The lowest BCUT2D eigenvalue weighted by atomic mass is 10.1. The van der Waals surface area contributed by atoms with E-state index in [1.54, 1.807) is 6.92 Å². The fourth-order valence-corrected chi connectivity index (χ4v) is 2.79. The third-order valence-corrected chi connectivity index (χ3v) is 4.28. The van der Waals surface area contributed by atoms with E-state index in [1.807, 2.05) is 0 Å². The van der Waals surface area contributed by atoms with E-state index in [1.165, 1.54) is 19.2 Å². The second kappa shape index (κ2) is 7.93. The van der Waals surface area contributed by atoms with Crippen LogP contribution in [0.15, 0.2) is 35.2 Å². The van der Waals surface area contributed by atoms with Crippen LogP contribution in [0.25, 0.3) is 0 Å². The third kappa shape index (κ3) is 4.66. The van der Waals surface area contributed by atoms with Crippen LogP contribution in [0, 0.1) is 28.7 Å². The number of nitro benzene ring substituents is 1. The number of hydrogen-bond donors (Lipinski definition) is 1. The monoisotopic (exact) mass is 368 g/mol. The Hall–Kier alpha value is -2.68. The molecule has 0 fully saturated rings. The zero-order valence-corrected chi connectivity index (χ0v) is 14.2. The molecule has 0 spiro atoms. The van der Waals surface area contributed by atoms with Crippen LogP contribution >= 0.6 is 11.8 Å². The molecule has 0 aliphatic carbocycles. The number of methoxy groups -OCH3 is 1. The number of hydrogen-bond acceptors (Lipinski definition) is 5. The first-order chi connectivity index (χ1) is 11.8. The van der Waals surface area contributed by atoms with Crippen molar-refractivity contribution in [3.8, 4) is 5.75 Å². The summed E-state index contributed by atoms with van der Waals surface area (Å²) < 4.78 is 31.6. The number of amides is 1. The van der Waals surface area contributed by atoms with Crippen molar-refractivity contribution in [2.24, 2.45) is 0 Å². The number of nitrogens with one attached hydrogen (secondary N) is 1. The molecule has 0 saturated heterocycles. The summed E-state index contributed by atoms with van der Waals surface area (Å²) in [7, 11) is 1.28. The lowest BCUT2D eigenvalue weighted by Gasteiger charge is -2.11. The Balaban J connectivity index is 2.10. The van der Waals surface area contributed by atoms with E-state index in [0.717, 1.165) is 30.0 Å². The molecule has 0 heterocycles. The van der Waals surface area contributed by atoms with Crippen LogP contribution in [-0.4, -0.2) is 23.7 Å². The van der Waals surface area contributed by atoms with Crippen molar-refractivity contribution in [3.63, 3.8) is 0 Å². The first-order valence-electron chi connectivity index (χ1n) is 7.02. The SMILES string of the molecule is COc1cc(NC(=O)CSc2cc(F)ccc2F)c(C)cc1[N+](=O)[O-]. The Morgan fingerprint density at radius 2 is 2.04 bits per heavy atom. The number of ether oxygens (including phenoxy) is 1. The van der Waals surface area contributed by atoms with Crippen molar-refractivity contribution in [3.05, 3.63) is 57.6 Å². The topological polar surface area (TPSA) is 81.5 Å². The largest absolute Gasteiger partial charge is 0.490 e. The molecule has 132 valence electrons. The summed E-state index contributed by atoms with van der Waals surface area (Å²) in [6.07, 6.45) is 0. The zero-order chi connectivity index (χ0) is 18.6. The minimum Gasteiger partial charge on any atom is -0.490 e. The van der Waals surface area contributed by atoms with Crippen LogP contribution in [0.3, 0.4) is 0 Å². The third-order valence-electron chi connectivity index (χ3n) is 3.25. The Morgan fingerprint density at radius 3 is 2.68 bits per heavy atom. The number of nitro groups is 1. The molecule has 0 aliphatic rings. The van der Waals surface area contributed by atoms with Gasteiger partial charge in [0.1, 0.15) is 11.6 Å². The molecular formula is C16H14F2N2O4S. The van der Waals surface area contributed by atoms with Crippen LogP contribution in [0.5, 0.6) is 5.75 Å². The summed E-state index contributed by atoms with van der Waals surface area (Å²) in [4.78, 5) is 22.4. The zero-order valence-electron chi connectivity index (χ0n) is 13.3. The Kier molecular flexibility index (Phi) is 5.92. The normalized spacial score (nSPS) is 10.4. The predicted molar refractivity (Wildman–Crippen MR) is 90.1 cm³/mol. The number of halogens is 2. The Morgan fingerprint density at radius 1 is 1.32 bits per heavy atom. The highest BCUT2D eigenvalue weighted by molar-refractivity contribution is 8.00. The summed E-state index contributed by atoms with van der Waals surface area (Å²) in [5, 5.41) is 13.5. The standard InChI is InChI=1S/C16H14F2N2O4S/c1-9-5-13(20(22)23)14(24-2)7-12(9)19-16(21)8-25-15-6-10(17)3-4-11(15)18/h3-7H,8H2,1-2H3,(H,19,21). The highest BCUT2D eigenvalue weighted by Crippen LogP contribution is 2.33. The molecule has 0 bridgehead atoms. The van der Waals surface area contributed by atoms with Crippen LogP contribution in [0.2, 0.25) is 0 Å². The van der Waals surface area contributed by atoms with E-state index in [2.05, 4.69) is 5.32 Å². The number of rotatable bonds is 6. The highest BCUT2D eigenvalue weighted by atomic mass is 32.2. The molecule has 2 aromatic carbocycles. The molecule has 2 aromatic rings. The van der Waals surface area contributed by atoms with Gasteiger partial charge in [-0.15, -0.1) is 11.8 Å². The highest BCUT2D eigenvalue weighted by Gasteiger charge is 2.18. The van der Waals surface area contributed by atoms with Crippen LogP contribution in [0.4, 0.5) is 20.2 Å². The molecule has 1 N–H and O–H groups in total. The molecule has 0 aromatic heterocycles. The number of anilines is 1. The molecule has 0 saturated carbocycles. The van der Waals surface area contributed by atoms with Gasteiger partial charge < -0.3 is 10.1 Å². The molecule has 0 unspecified atom stereocenters. The van der Waals surface area contributed by atoms with Crippen LogP contribution < -0.4 is 10.1 Å². The number of aryl methyl sites for hydroxylation is 1. The second-order valence-electron chi connectivity index (χ2n) is 5.01. The van der Waals surface area contributed by atoms with Crippen molar-refractivity contribution in [2.75, 3.05) is 18.2 Å². The van der Waals surface area contributed by atoms with Gasteiger partial charge in [-0.1, -0.05) is 0 Å². The maximum absolute atomic E-state index is 13.5. The smallest absolute Gasteiger partial charge is 0.311 e.